The number of nitrogens with zero attached hydrogens (tertiary/aromatic N) is 1. The van der Waals surface area contributed by atoms with Gasteiger partial charge in [0.15, 0.2) is 0 Å². The Morgan fingerprint density at radius 1 is 1.36 bits per heavy atom. The molecule has 2 amide bonds. The average molecular weight is 300 g/mol. The fourth-order valence-electron chi connectivity index (χ4n) is 2.66. The second-order valence-electron chi connectivity index (χ2n) is 5.48. The van der Waals surface area contributed by atoms with Crippen molar-refractivity contribution in [2.24, 2.45) is 0 Å². The third-order valence-corrected chi connectivity index (χ3v) is 3.89. The van der Waals surface area contributed by atoms with Gasteiger partial charge in [0.25, 0.3) is 0 Å². The van der Waals surface area contributed by atoms with E-state index in [4.69, 9.17) is 9.15 Å². The van der Waals surface area contributed by atoms with Crippen molar-refractivity contribution in [2.75, 3.05) is 11.9 Å². The van der Waals surface area contributed by atoms with Crippen molar-refractivity contribution in [3.8, 4) is 5.75 Å². The Labute approximate surface area is 129 Å². The van der Waals surface area contributed by atoms with Gasteiger partial charge in [0.2, 0.25) is 0 Å². The standard InChI is InChI=1S/C17H20N2O3/c1-13-6-4-10-19(13)17(20)18-15-8-2-3-9-16(15)22-12-14-7-5-11-21-14/h2-3,5,7-9,11,13H,4,6,10,12H2,1H3,(H,18,20)/t13-/m1/s1. The molecule has 5 nitrogen and oxygen atoms in total. The van der Waals surface area contributed by atoms with Crippen LogP contribution in [-0.2, 0) is 6.61 Å². The summed E-state index contributed by atoms with van der Waals surface area (Å²) in [6.07, 6.45) is 3.73. The summed E-state index contributed by atoms with van der Waals surface area (Å²) >= 11 is 0. The Bertz CT molecular complexity index is 625. The molecular weight excluding hydrogens is 280 g/mol. The molecule has 3 rings (SSSR count). The highest BCUT2D eigenvalue weighted by molar-refractivity contribution is 5.91. The van der Waals surface area contributed by atoms with Crippen LogP contribution < -0.4 is 10.1 Å². The lowest BCUT2D eigenvalue weighted by Gasteiger charge is -2.22. The van der Waals surface area contributed by atoms with Crippen molar-refractivity contribution in [1.29, 1.82) is 0 Å². The zero-order valence-corrected chi connectivity index (χ0v) is 12.6. The molecule has 22 heavy (non-hydrogen) atoms. The molecule has 2 aromatic rings. The van der Waals surface area contributed by atoms with Crippen molar-refractivity contribution >= 4 is 11.7 Å². The number of likely N-dealkylation sites (tertiary alicyclic amines) is 1. The number of carbonyl (C=O) groups excluding carboxylic acids is 1. The number of furan rings is 1. The molecule has 1 atom stereocenters. The van der Waals surface area contributed by atoms with Gasteiger partial charge in [-0.2, -0.15) is 0 Å². The maximum atomic E-state index is 12.4. The van der Waals surface area contributed by atoms with Crippen LogP contribution in [0.2, 0.25) is 0 Å². The van der Waals surface area contributed by atoms with Crippen LogP contribution in [0, 0.1) is 0 Å². The number of benzene rings is 1. The quantitative estimate of drug-likeness (QED) is 0.932. The monoisotopic (exact) mass is 300 g/mol. The van der Waals surface area contributed by atoms with Crippen LogP contribution >= 0.6 is 0 Å². The number of hydrogen-bond donors (Lipinski definition) is 1. The predicted octanol–water partition coefficient (Wildman–Crippen LogP) is 3.87. The van der Waals surface area contributed by atoms with Gasteiger partial charge in [-0.05, 0) is 44.0 Å². The van der Waals surface area contributed by atoms with E-state index >= 15 is 0 Å². The highest BCUT2D eigenvalue weighted by Gasteiger charge is 2.25. The van der Waals surface area contributed by atoms with Gasteiger partial charge in [0.05, 0.1) is 12.0 Å². The molecule has 0 bridgehead atoms. The fourth-order valence-corrected chi connectivity index (χ4v) is 2.66. The van der Waals surface area contributed by atoms with Crippen LogP contribution in [0.15, 0.2) is 47.1 Å². The van der Waals surface area contributed by atoms with Crippen LogP contribution in [0.1, 0.15) is 25.5 Å². The molecule has 1 N–H and O–H groups in total. The second-order valence-corrected chi connectivity index (χ2v) is 5.48. The van der Waals surface area contributed by atoms with Crippen molar-refractivity contribution in [2.45, 2.75) is 32.4 Å². The Balaban J connectivity index is 1.66. The van der Waals surface area contributed by atoms with E-state index < -0.39 is 0 Å². The van der Waals surface area contributed by atoms with E-state index in [1.54, 1.807) is 6.26 Å². The van der Waals surface area contributed by atoms with Crippen LogP contribution in [0.5, 0.6) is 5.75 Å². The number of urea groups is 1. The summed E-state index contributed by atoms with van der Waals surface area (Å²) < 4.78 is 11.0. The van der Waals surface area contributed by atoms with E-state index in [0.717, 1.165) is 25.1 Å². The van der Waals surface area contributed by atoms with E-state index in [9.17, 15) is 4.79 Å². The predicted molar refractivity (Wildman–Crippen MR) is 83.9 cm³/mol. The Kier molecular flexibility index (Phi) is 4.32. The van der Waals surface area contributed by atoms with Crippen molar-refractivity contribution in [3.05, 3.63) is 48.4 Å². The van der Waals surface area contributed by atoms with Gasteiger partial charge in [0, 0.05) is 12.6 Å². The summed E-state index contributed by atoms with van der Waals surface area (Å²) in [5.74, 6) is 1.38. The molecule has 0 saturated carbocycles. The highest BCUT2D eigenvalue weighted by atomic mass is 16.5. The van der Waals surface area contributed by atoms with Gasteiger partial charge in [-0.3, -0.25) is 0 Å². The zero-order valence-electron chi connectivity index (χ0n) is 12.6. The molecule has 1 saturated heterocycles. The molecule has 0 radical (unpaired) electrons. The first-order chi connectivity index (χ1) is 10.7. The molecule has 5 heteroatoms. The Morgan fingerprint density at radius 2 is 2.23 bits per heavy atom. The lowest BCUT2D eigenvalue weighted by molar-refractivity contribution is 0.210. The van der Waals surface area contributed by atoms with Crippen LogP contribution in [-0.4, -0.2) is 23.5 Å². The van der Waals surface area contributed by atoms with E-state index in [1.807, 2.05) is 41.3 Å². The maximum Gasteiger partial charge on any atom is 0.322 e. The van der Waals surface area contributed by atoms with E-state index in [2.05, 4.69) is 12.2 Å². The molecule has 2 heterocycles. The average Bonchev–Trinajstić information content (AvgIpc) is 3.17. The Morgan fingerprint density at radius 3 is 2.95 bits per heavy atom. The lowest BCUT2D eigenvalue weighted by Crippen LogP contribution is -2.37. The van der Waals surface area contributed by atoms with Gasteiger partial charge in [-0.1, -0.05) is 12.1 Å². The SMILES string of the molecule is C[C@@H]1CCCN1C(=O)Nc1ccccc1OCc1ccco1. The maximum absolute atomic E-state index is 12.4. The second kappa shape index (κ2) is 6.56. The molecule has 1 aromatic carbocycles. The Hall–Kier alpha value is -2.43. The smallest absolute Gasteiger partial charge is 0.322 e. The van der Waals surface area contributed by atoms with Crippen molar-refractivity contribution in [1.82, 2.24) is 4.90 Å². The van der Waals surface area contributed by atoms with Gasteiger partial charge in [-0.15, -0.1) is 0 Å². The van der Waals surface area contributed by atoms with E-state index in [1.165, 1.54) is 0 Å². The number of ether oxygens (including phenoxy) is 1. The first-order valence-corrected chi connectivity index (χ1v) is 7.56. The molecule has 0 aliphatic carbocycles. The fraction of sp³-hybridized carbons (Fsp3) is 0.353. The normalized spacial score (nSPS) is 17.5. The minimum atomic E-state index is -0.0703. The summed E-state index contributed by atoms with van der Waals surface area (Å²) in [5, 5.41) is 2.94. The number of hydrogen-bond acceptors (Lipinski definition) is 3. The molecule has 1 fully saturated rings. The minimum absolute atomic E-state index is 0.0703. The first-order valence-electron chi connectivity index (χ1n) is 7.56. The number of rotatable bonds is 4. The van der Waals surface area contributed by atoms with Gasteiger partial charge in [0.1, 0.15) is 18.1 Å². The summed E-state index contributed by atoms with van der Waals surface area (Å²) in [5.41, 5.74) is 0.679. The molecule has 1 aliphatic heterocycles. The topological polar surface area (TPSA) is 54.7 Å². The summed E-state index contributed by atoms with van der Waals surface area (Å²) in [6, 6.07) is 11.3. The molecular formula is C17H20N2O3. The van der Waals surface area contributed by atoms with Gasteiger partial charge >= 0.3 is 6.03 Å². The molecule has 1 aliphatic rings. The molecule has 0 unspecified atom stereocenters. The number of nitrogens with one attached hydrogen (secondary N) is 1. The van der Waals surface area contributed by atoms with E-state index in [-0.39, 0.29) is 12.1 Å². The van der Waals surface area contributed by atoms with Crippen LogP contribution in [0.25, 0.3) is 0 Å². The third-order valence-electron chi connectivity index (χ3n) is 3.89. The summed E-state index contributed by atoms with van der Waals surface area (Å²) in [4.78, 5) is 14.2. The molecule has 0 spiro atoms. The van der Waals surface area contributed by atoms with E-state index in [0.29, 0.717) is 18.0 Å². The summed E-state index contributed by atoms with van der Waals surface area (Å²) in [6.45, 7) is 3.22. The third kappa shape index (κ3) is 3.24. The molecule has 1 aromatic heterocycles. The largest absolute Gasteiger partial charge is 0.483 e. The number of para-hydroxylation sites is 2. The number of carbonyl (C=O) groups is 1. The lowest BCUT2D eigenvalue weighted by atomic mass is 10.2. The number of anilines is 1. The highest BCUT2D eigenvalue weighted by Crippen LogP contribution is 2.26. The van der Waals surface area contributed by atoms with Crippen molar-refractivity contribution in [3.63, 3.8) is 0 Å². The molecule has 116 valence electrons. The van der Waals surface area contributed by atoms with Crippen molar-refractivity contribution < 1.29 is 13.9 Å². The minimum Gasteiger partial charge on any atom is -0.483 e. The van der Waals surface area contributed by atoms with Crippen LogP contribution in [0.4, 0.5) is 10.5 Å². The zero-order chi connectivity index (χ0) is 15.4. The van der Waals surface area contributed by atoms with Crippen LogP contribution in [0.3, 0.4) is 0 Å². The summed E-state index contributed by atoms with van der Waals surface area (Å²) in [7, 11) is 0. The van der Waals surface area contributed by atoms with Gasteiger partial charge < -0.3 is 19.4 Å². The first kappa shape index (κ1) is 14.5. The number of amides is 2. The van der Waals surface area contributed by atoms with Gasteiger partial charge in [-0.25, -0.2) is 4.79 Å².